The number of carbonyl (C=O) groups is 1. The molecule has 0 amide bonds. The van der Waals surface area contributed by atoms with Gasteiger partial charge in [0.15, 0.2) is 0 Å². The molecule has 0 N–H and O–H groups in total. The Hall–Kier alpha value is -0.840. The Morgan fingerprint density at radius 3 is 2.78 bits per heavy atom. The molecule has 98 valence electrons. The van der Waals surface area contributed by atoms with Crippen LogP contribution in [0.1, 0.15) is 55.5 Å². The van der Waals surface area contributed by atoms with E-state index in [1.807, 2.05) is 0 Å². The molecule has 1 aromatic heterocycles. The second-order valence-corrected chi connectivity index (χ2v) is 5.89. The molecule has 0 radical (unpaired) electrons. The van der Waals surface area contributed by atoms with Crippen LogP contribution in [0.25, 0.3) is 0 Å². The molecule has 1 atom stereocenters. The lowest BCUT2D eigenvalue weighted by Gasteiger charge is -2.29. The number of hydrogen-bond acceptors (Lipinski definition) is 3. The van der Waals surface area contributed by atoms with Gasteiger partial charge in [-0.15, -0.1) is 0 Å². The second kappa shape index (κ2) is 4.68. The fourth-order valence-electron chi connectivity index (χ4n) is 2.96. The SMILES string of the molecule is COC(=O)C1CCCn2c(C3CCC3)nc(Br)c21. The fraction of sp³-hybridized carbons (Fsp3) is 0.692. The minimum atomic E-state index is -0.153. The number of halogens is 1. The van der Waals surface area contributed by atoms with E-state index in [2.05, 4.69) is 25.5 Å². The lowest BCUT2D eigenvalue weighted by molar-refractivity contribution is -0.143. The number of hydrogen-bond donors (Lipinski definition) is 0. The van der Waals surface area contributed by atoms with Gasteiger partial charge in [0.25, 0.3) is 0 Å². The summed E-state index contributed by atoms with van der Waals surface area (Å²) in [6.07, 6.45) is 5.64. The van der Waals surface area contributed by atoms with E-state index in [-0.39, 0.29) is 11.9 Å². The van der Waals surface area contributed by atoms with Crippen LogP contribution in [0.5, 0.6) is 0 Å². The zero-order valence-electron chi connectivity index (χ0n) is 10.5. The quantitative estimate of drug-likeness (QED) is 0.789. The first-order chi connectivity index (χ1) is 8.72. The molecule has 18 heavy (non-hydrogen) atoms. The molecule has 0 aromatic carbocycles. The monoisotopic (exact) mass is 312 g/mol. The first-order valence-electron chi connectivity index (χ1n) is 6.56. The Kier molecular flexibility index (Phi) is 3.18. The number of nitrogens with zero attached hydrogens (tertiary/aromatic N) is 2. The summed E-state index contributed by atoms with van der Waals surface area (Å²) in [5.41, 5.74) is 1.02. The van der Waals surface area contributed by atoms with Crippen molar-refractivity contribution in [1.82, 2.24) is 9.55 Å². The van der Waals surface area contributed by atoms with Crippen LogP contribution in [0.2, 0.25) is 0 Å². The van der Waals surface area contributed by atoms with Crippen molar-refractivity contribution in [1.29, 1.82) is 0 Å². The molecule has 1 aliphatic heterocycles. The molecular weight excluding hydrogens is 296 g/mol. The minimum absolute atomic E-state index is 0.142. The number of imidazole rings is 1. The molecule has 2 heterocycles. The first-order valence-corrected chi connectivity index (χ1v) is 7.35. The van der Waals surface area contributed by atoms with Crippen molar-refractivity contribution in [3.8, 4) is 0 Å². The summed E-state index contributed by atoms with van der Waals surface area (Å²) in [7, 11) is 1.46. The number of fused-ring (bicyclic) bond motifs is 1. The van der Waals surface area contributed by atoms with E-state index in [9.17, 15) is 4.79 Å². The van der Waals surface area contributed by atoms with Gasteiger partial charge in [0, 0.05) is 12.5 Å². The lowest BCUT2D eigenvalue weighted by Crippen LogP contribution is -2.25. The highest BCUT2D eigenvalue weighted by Gasteiger charge is 2.35. The number of carbonyl (C=O) groups excluding carboxylic acids is 1. The molecule has 1 fully saturated rings. The number of rotatable bonds is 2. The van der Waals surface area contributed by atoms with Crippen LogP contribution in [0.3, 0.4) is 0 Å². The Labute approximate surface area is 115 Å². The number of aromatic nitrogens is 2. The van der Waals surface area contributed by atoms with E-state index in [1.54, 1.807) is 0 Å². The van der Waals surface area contributed by atoms with Crippen LogP contribution in [0.4, 0.5) is 0 Å². The number of ether oxygens (including phenoxy) is 1. The molecule has 3 rings (SSSR count). The van der Waals surface area contributed by atoms with E-state index in [1.165, 1.54) is 26.4 Å². The predicted octanol–water partition coefficient (Wildman–Crippen LogP) is 2.96. The van der Waals surface area contributed by atoms with Crippen molar-refractivity contribution in [2.45, 2.75) is 50.5 Å². The van der Waals surface area contributed by atoms with Crippen molar-refractivity contribution in [2.24, 2.45) is 0 Å². The zero-order chi connectivity index (χ0) is 12.7. The predicted molar refractivity (Wildman–Crippen MR) is 70.5 cm³/mol. The maximum absolute atomic E-state index is 11.9. The molecule has 1 aromatic rings. The number of esters is 1. The van der Waals surface area contributed by atoms with E-state index < -0.39 is 0 Å². The van der Waals surface area contributed by atoms with Crippen molar-refractivity contribution < 1.29 is 9.53 Å². The highest BCUT2D eigenvalue weighted by molar-refractivity contribution is 9.10. The van der Waals surface area contributed by atoms with Gasteiger partial charge in [-0.3, -0.25) is 4.79 Å². The van der Waals surface area contributed by atoms with Gasteiger partial charge < -0.3 is 9.30 Å². The maximum Gasteiger partial charge on any atom is 0.314 e. The highest BCUT2D eigenvalue weighted by atomic mass is 79.9. The summed E-state index contributed by atoms with van der Waals surface area (Å²) in [5.74, 6) is 1.46. The Morgan fingerprint density at radius 2 is 2.17 bits per heavy atom. The molecule has 1 saturated carbocycles. The third kappa shape index (κ3) is 1.79. The third-order valence-corrected chi connectivity index (χ3v) is 4.74. The number of methoxy groups -OCH3 is 1. The van der Waals surface area contributed by atoms with Crippen LogP contribution >= 0.6 is 15.9 Å². The van der Waals surface area contributed by atoms with Crippen molar-refractivity contribution in [3.63, 3.8) is 0 Å². The van der Waals surface area contributed by atoms with Gasteiger partial charge in [0.2, 0.25) is 0 Å². The van der Waals surface area contributed by atoms with Crippen molar-refractivity contribution >= 4 is 21.9 Å². The molecule has 0 saturated heterocycles. The van der Waals surface area contributed by atoms with Gasteiger partial charge >= 0.3 is 5.97 Å². The summed E-state index contributed by atoms with van der Waals surface area (Å²) in [6, 6.07) is 0. The van der Waals surface area contributed by atoms with Gasteiger partial charge in [-0.25, -0.2) is 4.98 Å². The Morgan fingerprint density at radius 1 is 1.39 bits per heavy atom. The maximum atomic E-state index is 11.9. The first kappa shape index (κ1) is 12.2. The average molecular weight is 313 g/mol. The molecule has 1 aliphatic carbocycles. The van der Waals surface area contributed by atoms with E-state index in [0.29, 0.717) is 5.92 Å². The van der Waals surface area contributed by atoms with Gasteiger partial charge in [-0.2, -0.15) is 0 Å². The minimum Gasteiger partial charge on any atom is -0.469 e. The van der Waals surface area contributed by atoms with Crippen LogP contribution in [-0.4, -0.2) is 22.6 Å². The molecule has 4 nitrogen and oxygen atoms in total. The summed E-state index contributed by atoms with van der Waals surface area (Å²) >= 11 is 3.52. The lowest BCUT2D eigenvalue weighted by atomic mass is 9.84. The summed E-state index contributed by atoms with van der Waals surface area (Å²) in [6.45, 7) is 0.979. The largest absolute Gasteiger partial charge is 0.469 e. The summed E-state index contributed by atoms with van der Waals surface area (Å²) < 4.78 is 7.99. The molecule has 5 heteroatoms. The smallest absolute Gasteiger partial charge is 0.314 e. The topological polar surface area (TPSA) is 44.1 Å². The molecule has 0 bridgehead atoms. The van der Waals surface area contributed by atoms with Crippen LogP contribution in [0, 0.1) is 0 Å². The van der Waals surface area contributed by atoms with Gasteiger partial charge in [-0.1, -0.05) is 6.42 Å². The average Bonchev–Trinajstić information content (AvgIpc) is 2.64. The van der Waals surface area contributed by atoms with Crippen LogP contribution in [0.15, 0.2) is 4.60 Å². The van der Waals surface area contributed by atoms with E-state index >= 15 is 0 Å². The third-order valence-electron chi connectivity index (χ3n) is 4.15. The van der Waals surface area contributed by atoms with Crippen LogP contribution in [-0.2, 0) is 16.1 Å². The van der Waals surface area contributed by atoms with E-state index in [4.69, 9.17) is 4.74 Å². The van der Waals surface area contributed by atoms with Crippen LogP contribution < -0.4 is 0 Å². The van der Waals surface area contributed by atoms with E-state index in [0.717, 1.165) is 35.5 Å². The van der Waals surface area contributed by atoms with Crippen molar-refractivity contribution in [3.05, 3.63) is 16.1 Å². The molecule has 2 aliphatic rings. The standard InChI is InChI=1S/C13H17BrN2O2/c1-18-13(17)9-6-3-7-16-10(9)11(14)15-12(16)8-4-2-5-8/h8-9H,2-7H2,1H3. The van der Waals surface area contributed by atoms with Gasteiger partial charge in [0.05, 0.1) is 18.7 Å². The summed E-state index contributed by atoms with van der Waals surface area (Å²) in [5, 5.41) is 0. The fourth-order valence-corrected chi connectivity index (χ4v) is 3.63. The molecular formula is C13H17BrN2O2. The molecule has 1 unspecified atom stereocenters. The summed E-state index contributed by atoms with van der Waals surface area (Å²) in [4.78, 5) is 16.5. The Balaban J connectivity index is 2.01. The Bertz CT molecular complexity index is 480. The normalized spacial score (nSPS) is 23.3. The highest BCUT2D eigenvalue weighted by Crippen LogP contribution is 2.41. The zero-order valence-corrected chi connectivity index (χ0v) is 12.1. The molecule has 0 spiro atoms. The van der Waals surface area contributed by atoms with Gasteiger partial charge in [-0.05, 0) is 41.6 Å². The van der Waals surface area contributed by atoms with Gasteiger partial charge in [0.1, 0.15) is 10.4 Å². The second-order valence-electron chi connectivity index (χ2n) is 5.14. The van der Waals surface area contributed by atoms with Crippen molar-refractivity contribution in [2.75, 3.05) is 7.11 Å².